The molecule has 7 unspecified atom stereocenters. The molecule has 3 aliphatic rings. The van der Waals surface area contributed by atoms with Gasteiger partial charge in [0.15, 0.2) is 6.29 Å². The fourth-order valence-electron chi connectivity index (χ4n) is 4.77. The van der Waals surface area contributed by atoms with Crippen molar-refractivity contribution in [3.63, 3.8) is 0 Å². The van der Waals surface area contributed by atoms with Crippen LogP contribution in [0.4, 0.5) is 0 Å². The highest BCUT2D eigenvalue weighted by Gasteiger charge is 2.50. The Morgan fingerprint density at radius 1 is 0.794 bits per heavy atom. The second-order valence-corrected chi connectivity index (χ2v) is 9.08. The first kappa shape index (κ1) is 27.8. The fourth-order valence-corrected chi connectivity index (χ4v) is 4.77. The van der Waals surface area contributed by atoms with Crippen LogP contribution in [0.2, 0.25) is 0 Å². The Morgan fingerprint density at radius 3 is 2.06 bits per heavy atom. The molecule has 0 aromatic heterocycles. The summed E-state index contributed by atoms with van der Waals surface area (Å²) in [5.41, 5.74) is 0.0590. The summed E-state index contributed by atoms with van der Waals surface area (Å²) in [4.78, 5) is 0. The lowest BCUT2D eigenvalue weighted by atomic mass is 9.78. The van der Waals surface area contributed by atoms with Crippen LogP contribution < -0.4 is 5.32 Å². The maximum atomic E-state index is 10.7. The second-order valence-electron chi connectivity index (χ2n) is 9.08. The van der Waals surface area contributed by atoms with Crippen LogP contribution in [0.1, 0.15) is 6.42 Å². The number of rotatable bonds is 7. The average Bonchev–Trinajstić information content (AvgIpc) is 2.83. The Bertz CT molecular complexity index is 693. The smallest absolute Gasteiger partial charge is 0.187 e. The van der Waals surface area contributed by atoms with E-state index in [4.69, 9.17) is 9.47 Å². The lowest BCUT2D eigenvalue weighted by Crippen LogP contribution is -2.66. The molecule has 14 nitrogen and oxygen atoms in total. The Labute approximate surface area is 194 Å². The van der Waals surface area contributed by atoms with Crippen molar-refractivity contribution in [2.75, 3.05) is 19.8 Å². The molecule has 2 fully saturated rings. The van der Waals surface area contributed by atoms with Crippen molar-refractivity contribution in [2.45, 2.75) is 85.8 Å². The first-order chi connectivity index (χ1) is 16.0. The topological polar surface area (TPSA) is 253 Å². The van der Waals surface area contributed by atoms with Crippen molar-refractivity contribution in [1.29, 1.82) is 0 Å². The first-order valence-electron chi connectivity index (χ1n) is 11.1. The molecule has 14 atom stereocenters. The highest BCUT2D eigenvalue weighted by atomic mass is 16.7. The van der Waals surface area contributed by atoms with E-state index in [1.807, 2.05) is 0 Å². The van der Waals surface area contributed by atoms with E-state index < -0.39 is 105 Å². The van der Waals surface area contributed by atoms with Gasteiger partial charge in [0, 0.05) is 18.6 Å². The van der Waals surface area contributed by atoms with E-state index in [0.29, 0.717) is 0 Å². The maximum Gasteiger partial charge on any atom is 0.187 e. The predicted octanol–water partition coefficient (Wildman–Crippen LogP) is -6.75. The number of ether oxygens (including phenoxy) is 2. The van der Waals surface area contributed by atoms with Gasteiger partial charge in [0.25, 0.3) is 0 Å². The summed E-state index contributed by atoms with van der Waals surface area (Å²) in [7, 11) is 0. The summed E-state index contributed by atoms with van der Waals surface area (Å²) in [6.45, 7) is -1.80. The fraction of sp³-hybridized carbons (Fsp3) is 0.900. The van der Waals surface area contributed by atoms with Crippen LogP contribution in [0.5, 0.6) is 0 Å². The molecule has 1 aliphatic heterocycles. The van der Waals surface area contributed by atoms with Gasteiger partial charge < -0.3 is 71.0 Å². The van der Waals surface area contributed by atoms with Gasteiger partial charge in [0.2, 0.25) is 0 Å². The third kappa shape index (κ3) is 5.30. The standard InChI is InChI=1S/C20H35NO13/c22-3-6-1-8(12(26)15(29)11(6)25)21-9-2-7(4-23)19(17(31)13(9)27)34-20-18(32)16(30)14(28)10(5-24)33-20/h1,7-32H,2-5H2/t7?,8-,9-,10+,11?,12?,13-,14?,15-,16-,17?,18?,19+,20?/m0/s1. The number of hydrogen-bond donors (Lipinski definition) is 12. The lowest BCUT2D eigenvalue weighted by Gasteiger charge is -2.47. The highest BCUT2D eigenvalue weighted by molar-refractivity contribution is 5.22. The summed E-state index contributed by atoms with van der Waals surface area (Å²) in [6, 6.07) is -1.94. The zero-order valence-electron chi connectivity index (χ0n) is 18.2. The van der Waals surface area contributed by atoms with E-state index >= 15 is 0 Å². The number of hydrogen-bond acceptors (Lipinski definition) is 14. The zero-order valence-corrected chi connectivity index (χ0v) is 18.2. The van der Waals surface area contributed by atoms with Gasteiger partial charge in [-0.05, 0) is 12.0 Å². The number of aliphatic hydroxyl groups is 11. The van der Waals surface area contributed by atoms with Gasteiger partial charge in [-0.3, -0.25) is 0 Å². The van der Waals surface area contributed by atoms with E-state index in [1.54, 1.807) is 0 Å². The molecule has 0 aromatic rings. The van der Waals surface area contributed by atoms with E-state index in [2.05, 4.69) is 5.32 Å². The molecule has 198 valence electrons. The van der Waals surface area contributed by atoms with Crippen molar-refractivity contribution < 1.29 is 65.6 Å². The second kappa shape index (κ2) is 11.5. The van der Waals surface area contributed by atoms with Gasteiger partial charge >= 0.3 is 0 Å². The lowest BCUT2D eigenvalue weighted by molar-refractivity contribution is -0.328. The Balaban J connectivity index is 1.73. The minimum absolute atomic E-state index is 0.0129. The summed E-state index contributed by atoms with van der Waals surface area (Å²) < 4.78 is 10.9. The Kier molecular flexibility index (Phi) is 9.38. The molecule has 0 aromatic carbocycles. The third-order valence-corrected chi connectivity index (χ3v) is 6.90. The molecule has 1 saturated heterocycles. The van der Waals surface area contributed by atoms with E-state index in [1.165, 1.54) is 6.08 Å². The number of nitrogens with one attached hydrogen (secondary N) is 1. The predicted molar refractivity (Wildman–Crippen MR) is 110 cm³/mol. The van der Waals surface area contributed by atoms with E-state index in [0.717, 1.165) is 0 Å². The minimum atomic E-state index is -1.75. The summed E-state index contributed by atoms with van der Waals surface area (Å²) in [5, 5.41) is 113. The van der Waals surface area contributed by atoms with Crippen LogP contribution in [-0.4, -0.2) is 155 Å². The molecular formula is C20H35NO13. The molecule has 0 radical (unpaired) electrons. The summed E-state index contributed by atoms with van der Waals surface area (Å²) >= 11 is 0. The Hall–Kier alpha value is -0.820. The van der Waals surface area contributed by atoms with Crippen molar-refractivity contribution >= 4 is 0 Å². The quantitative estimate of drug-likeness (QED) is 0.146. The summed E-state index contributed by atoms with van der Waals surface area (Å²) in [5.74, 6) is -0.833. The van der Waals surface area contributed by atoms with Gasteiger partial charge in [-0.1, -0.05) is 6.08 Å². The Morgan fingerprint density at radius 2 is 1.47 bits per heavy atom. The molecule has 34 heavy (non-hydrogen) atoms. The molecule has 1 saturated carbocycles. The minimum Gasteiger partial charge on any atom is -0.396 e. The maximum absolute atomic E-state index is 10.7. The first-order valence-corrected chi connectivity index (χ1v) is 11.1. The molecule has 0 amide bonds. The van der Waals surface area contributed by atoms with Crippen molar-refractivity contribution in [3.05, 3.63) is 11.6 Å². The zero-order chi connectivity index (χ0) is 25.3. The number of aliphatic hydroxyl groups excluding tert-OH is 11. The molecule has 0 bridgehead atoms. The highest BCUT2D eigenvalue weighted by Crippen LogP contribution is 2.33. The van der Waals surface area contributed by atoms with Gasteiger partial charge in [-0.15, -0.1) is 0 Å². The van der Waals surface area contributed by atoms with Crippen LogP contribution in [0.15, 0.2) is 11.6 Å². The van der Waals surface area contributed by atoms with Crippen molar-refractivity contribution in [2.24, 2.45) is 5.92 Å². The van der Waals surface area contributed by atoms with Crippen molar-refractivity contribution in [1.82, 2.24) is 5.32 Å². The van der Waals surface area contributed by atoms with Crippen LogP contribution in [0.3, 0.4) is 0 Å². The monoisotopic (exact) mass is 497 g/mol. The molecule has 2 aliphatic carbocycles. The molecule has 0 spiro atoms. The SMILES string of the molecule is OCC1=C[C@H](N[C@H]2CC(CO)[C@@H](OC3O[C@H](CO)C(O)[C@H](O)C3O)C(O)[C@H]2O)C(O)[C@@H](O)C1O. The van der Waals surface area contributed by atoms with Crippen LogP contribution in [0, 0.1) is 5.92 Å². The van der Waals surface area contributed by atoms with Crippen LogP contribution >= 0.6 is 0 Å². The van der Waals surface area contributed by atoms with Crippen LogP contribution in [0.25, 0.3) is 0 Å². The van der Waals surface area contributed by atoms with Gasteiger partial charge in [-0.25, -0.2) is 0 Å². The van der Waals surface area contributed by atoms with Crippen LogP contribution in [-0.2, 0) is 9.47 Å². The average molecular weight is 497 g/mol. The van der Waals surface area contributed by atoms with Gasteiger partial charge in [0.1, 0.15) is 48.8 Å². The third-order valence-electron chi connectivity index (χ3n) is 6.90. The normalized spacial score (nSPS) is 50.1. The van der Waals surface area contributed by atoms with E-state index in [9.17, 15) is 56.2 Å². The molecule has 3 rings (SSSR count). The molecule has 14 heteroatoms. The molecule has 1 heterocycles. The van der Waals surface area contributed by atoms with E-state index in [-0.39, 0.29) is 12.0 Å². The van der Waals surface area contributed by atoms with Gasteiger partial charge in [0.05, 0.1) is 31.5 Å². The molecule has 12 N–H and O–H groups in total. The van der Waals surface area contributed by atoms with Gasteiger partial charge in [-0.2, -0.15) is 0 Å². The largest absolute Gasteiger partial charge is 0.396 e. The summed E-state index contributed by atoms with van der Waals surface area (Å²) in [6.07, 6.45) is -15.7. The van der Waals surface area contributed by atoms with Crippen molar-refractivity contribution in [3.8, 4) is 0 Å². The molecular weight excluding hydrogens is 462 g/mol.